The molecule has 1 N–H and O–H groups in total. The van der Waals surface area contributed by atoms with Crippen molar-refractivity contribution in [3.63, 3.8) is 0 Å². The fourth-order valence-electron chi connectivity index (χ4n) is 4.07. The van der Waals surface area contributed by atoms with Crippen LogP contribution < -0.4 is 0 Å². The van der Waals surface area contributed by atoms with E-state index in [-0.39, 0.29) is 18.6 Å². The molecule has 0 radical (unpaired) electrons. The molecule has 0 aliphatic heterocycles. The van der Waals surface area contributed by atoms with Gasteiger partial charge in [-0.15, -0.1) is 6.58 Å². The second-order valence-electron chi connectivity index (χ2n) is 7.64. The first-order valence-corrected chi connectivity index (χ1v) is 9.91. The topological polar surface area (TPSA) is 20.2 Å². The number of allylic oxidation sites excluding steroid dienone is 1. The molecule has 1 fully saturated rings. The first-order chi connectivity index (χ1) is 13.1. The highest BCUT2D eigenvalue weighted by molar-refractivity contribution is 5.64. The summed E-state index contributed by atoms with van der Waals surface area (Å²) in [4.78, 5) is 0. The van der Waals surface area contributed by atoms with Gasteiger partial charge in [0.25, 0.3) is 0 Å². The predicted molar refractivity (Wildman–Crippen MR) is 107 cm³/mol. The van der Waals surface area contributed by atoms with Gasteiger partial charge < -0.3 is 5.11 Å². The SMILES string of the molecule is C=CC1CCC(CCc2ccc(-c3cc(F)c(CCO)c(F)c3)cc2)CC1. The number of hydrogen-bond acceptors (Lipinski definition) is 1. The Morgan fingerprint density at radius 1 is 0.926 bits per heavy atom. The van der Waals surface area contributed by atoms with E-state index in [1.807, 2.05) is 12.1 Å². The lowest BCUT2D eigenvalue weighted by atomic mass is 9.79. The van der Waals surface area contributed by atoms with E-state index in [1.54, 1.807) is 0 Å². The maximum Gasteiger partial charge on any atom is 0.130 e. The Hall–Kier alpha value is -2.00. The molecule has 144 valence electrons. The van der Waals surface area contributed by atoms with Gasteiger partial charge in [0.1, 0.15) is 11.6 Å². The third-order valence-corrected chi connectivity index (χ3v) is 5.86. The molecule has 0 heterocycles. The fraction of sp³-hybridized carbons (Fsp3) is 0.417. The van der Waals surface area contributed by atoms with Crippen molar-refractivity contribution in [3.8, 4) is 11.1 Å². The van der Waals surface area contributed by atoms with Gasteiger partial charge in [-0.25, -0.2) is 8.78 Å². The molecular formula is C24H28F2O. The van der Waals surface area contributed by atoms with Crippen LogP contribution >= 0.6 is 0 Å². The minimum Gasteiger partial charge on any atom is -0.396 e. The van der Waals surface area contributed by atoms with Crippen LogP contribution in [-0.2, 0) is 12.8 Å². The van der Waals surface area contributed by atoms with Gasteiger partial charge in [0, 0.05) is 18.6 Å². The largest absolute Gasteiger partial charge is 0.396 e. The van der Waals surface area contributed by atoms with Crippen molar-refractivity contribution in [2.45, 2.75) is 44.9 Å². The smallest absolute Gasteiger partial charge is 0.130 e. The molecule has 2 aromatic carbocycles. The van der Waals surface area contributed by atoms with Crippen LogP contribution in [0.15, 0.2) is 49.1 Å². The second kappa shape index (κ2) is 9.27. The molecule has 1 aliphatic rings. The molecule has 1 nitrogen and oxygen atoms in total. The van der Waals surface area contributed by atoms with E-state index in [2.05, 4.69) is 24.8 Å². The minimum atomic E-state index is -0.599. The number of aliphatic hydroxyl groups excluding tert-OH is 1. The van der Waals surface area contributed by atoms with Crippen molar-refractivity contribution in [3.05, 3.63) is 71.8 Å². The zero-order chi connectivity index (χ0) is 19.2. The van der Waals surface area contributed by atoms with Gasteiger partial charge in [0.05, 0.1) is 0 Å². The molecule has 0 spiro atoms. The van der Waals surface area contributed by atoms with Crippen LogP contribution in [0.1, 0.15) is 43.2 Å². The first-order valence-electron chi connectivity index (χ1n) is 9.91. The Labute approximate surface area is 160 Å². The van der Waals surface area contributed by atoms with Crippen LogP contribution in [0, 0.1) is 23.5 Å². The highest BCUT2D eigenvalue weighted by atomic mass is 19.1. The van der Waals surface area contributed by atoms with Crippen LogP contribution in [0.2, 0.25) is 0 Å². The summed E-state index contributed by atoms with van der Waals surface area (Å²) >= 11 is 0. The summed E-state index contributed by atoms with van der Waals surface area (Å²) in [6.45, 7) is 3.64. The summed E-state index contributed by atoms with van der Waals surface area (Å²) in [5, 5.41) is 8.92. The van der Waals surface area contributed by atoms with E-state index < -0.39 is 11.6 Å². The van der Waals surface area contributed by atoms with Crippen molar-refractivity contribution >= 4 is 0 Å². The molecule has 0 saturated heterocycles. The molecule has 27 heavy (non-hydrogen) atoms. The van der Waals surface area contributed by atoms with Crippen LogP contribution in [-0.4, -0.2) is 11.7 Å². The Balaban J connectivity index is 1.61. The molecule has 0 aromatic heterocycles. The third-order valence-electron chi connectivity index (χ3n) is 5.86. The summed E-state index contributed by atoms with van der Waals surface area (Å²) in [6.07, 6.45) is 9.42. The zero-order valence-corrected chi connectivity index (χ0v) is 15.8. The summed E-state index contributed by atoms with van der Waals surface area (Å²) < 4.78 is 28.2. The Morgan fingerprint density at radius 2 is 1.56 bits per heavy atom. The monoisotopic (exact) mass is 370 g/mol. The third kappa shape index (κ3) is 5.04. The van der Waals surface area contributed by atoms with Crippen molar-refractivity contribution in [1.29, 1.82) is 0 Å². The van der Waals surface area contributed by atoms with E-state index in [0.29, 0.717) is 11.5 Å². The summed E-state index contributed by atoms with van der Waals surface area (Å²) in [7, 11) is 0. The van der Waals surface area contributed by atoms with Gasteiger partial charge in [0.15, 0.2) is 0 Å². The normalized spacial score (nSPS) is 19.8. The maximum atomic E-state index is 14.1. The molecule has 0 atom stereocenters. The molecule has 0 amide bonds. The van der Waals surface area contributed by atoms with Crippen LogP contribution in [0.25, 0.3) is 11.1 Å². The summed E-state index contributed by atoms with van der Waals surface area (Å²) in [6, 6.07) is 10.7. The number of aryl methyl sites for hydroxylation is 1. The van der Waals surface area contributed by atoms with E-state index in [0.717, 1.165) is 17.9 Å². The number of benzene rings is 2. The number of rotatable bonds is 7. The summed E-state index contributed by atoms with van der Waals surface area (Å²) in [5.41, 5.74) is 2.55. The van der Waals surface area contributed by atoms with Crippen molar-refractivity contribution in [1.82, 2.24) is 0 Å². The standard InChI is InChI=1S/C24H28F2O/c1-2-17-3-5-18(6-4-17)7-8-19-9-11-20(12-10-19)21-15-23(25)22(13-14-27)24(26)16-21/h2,9-12,15-18,27H,1,3-8,13-14H2. The van der Waals surface area contributed by atoms with Gasteiger partial charge in [-0.3, -0.25) is 0 Å². The maximum absolute atomic E-state index is 14.1. The van der Waals surface area contributed by atoms with E-state index in [1.165, 1.54) is 49.8 Å². The fourth-order valence-corrected chi connectivity index (χ4v) is 4.07. The van der Waals surface area contributed by atoms with Crippen molar-refractivity contribution in [2.75, 3.05) is 6.61 Å². The second-order valence-corrected chi connectivity index (χ2v) is 7.64. The van der Waals surface area contributed by atoms with Gasteiger partial charge in [-0.05, 0) is 79.2 Å². The molecule has 3 rings (SSSR count). The highest BCUT2D eigenvalue weighted by Gasteiger charge is 2.19. The molecule has 2 aromatic rings. The lowest BCUT2D eigenvalue weighted by Gasteiger charge is -2.26. The zero-order valence-electron chi connectivity index (χ0n) is 15.8. The Kier molecular flexibility index (Phi) is 6.78. The first kappa shape index (κ1) is 19.8. The van der Waals surface area contributed by atoms with Crippen molar-refractivity contribution < 1.29 is 13.9 Å². The molecule has 3 heteroatoms. The number of halogens is 2. The van der Waals surface area contributed by atoms with Gasteiger partial charge >= 0.3 is 0 Å². The quantitative estimate of drug-likeness (QED) is 0.585. The van der Waals surface area contributed by atoms with Gasteiger partial charge in [0.2, 0.25) is 0 Å². The minimum absolute atomic E-state index is 0.00834. The highest BCUT2D eigenvalue weighted by Crippen LogP contribution is 2.32. The Morgan fingerprint density at radius 3 is 2.11 bits per heavy atom. The molecule has 1 aliphatic carbocycles. The van der Waals surface area contributed by atoms with Crippen LogP contribution in [0.3, 0.4) is 0 Å². The lowest BCUT2D eigenvalue weighted by Crippen LogP contribution is -2.13. The van der Waals surface area contributed by atoms with Crippen molar-refractivity contribution in [2.24, 2.45) is 11.8 Å². The average Bonchev–Trinajstić information content (AvgIpc) is 2.70. The Bertz CT molecular complexity index is 735. The molecule has 0 bridgehead atoms. The number of hydrogen-bond donors (Lipinski definition) is 1. The van der Waals surface area contributed by atoms with E-state index >= 15 is 0 Å². The molecule has 0 unspecified atom stereocenters. The van der Waals surface area contributed by atoms with Crippen LogP contribution in [0.5, 0.6) is 0 Å². The molecular weight excluding hydrogens is 342 g/mol. The summed E-state index contributed by atoms with van der Waals surface area (Å²) in [5.74, 6) is 0.296. The van der Waals surface area contributed by atoms with Crippen LogP contribution in [0.4, 0.5) is 8.78 Å². The van der Waals surface area contributed by atoms with E-state index in [4.69, 9.17) is 5.11 Å². The van der Waals surface area contributed by atoms with Gasteiger partial charge in [-0.1, -0.05) is 30.3 Å². The van der Waals surface area contributed by atoms with E-state index in [9.17, 15) is 8.78 Å². The number of aliphatic hydroxyl groups is 1. The predicted octanol–water partition coefficient (Wildman–Crippen LogP) is 6.09. The molecule has 1 saturated carbocycles. The lowest BCUT2D eigenvalue weighted by molar-refractivity contribution is 0.295. The van der Waals surface area contributed by atoms with Gasteiger partial charge in [-0.2, -0.15) is 0 Å². The average molecular weight is 370 g/mol.